The van der Waals surface area contributed by atoms with Gasteiger partial charge in [0.1, 0.15) is 5.78 Å². The highest BCUT2D eigenvalue weighted by molar-refractivity contribution is 5.99. The van der Waals surface area contributed by atoms with E-state index in [0.717, 1.165) is 25.7 Å². The SMILES string of the molecule is CCC(CC)NC(=O)CC(=O)C(CC)CC. The van der Waals surface area contributed by atoms with E-state index in [4.69, 9.17) is 0 Å². The van der Waals surface area contributed by atoms with Crippen molar-refractivity contribution in [3.05, 3.63) is 0 Å². The van der Waals surface area contributed by atoms with Crippen molar-refractivity contribution in [2.75, 3.05) is 0 Å². The molecule has 0 aromatic rings. The summed E-state index contributed by atoms with van der Waals surface area (Å²) in [6.45, 7) is 8.06. The molecule has 0 saturated carbocycles. The van der Waals surface area contributed by atoms with Crippen molar-refractivity contribution in [3.63, 3.8) is 0 Å². The van der Waals surface area contributed by atoms with Crippen LogP contribution in [0.5, 0.6) is 0 Å². The molecule has 0 rings (SSSR count). The van der Waals surface area contributed by atoms with Gasteiger partial charge in [0.25, 0.3) is 0 Å². The second-order valence-corrected chi connectivity index (χ2v) is 4.24. The Labute approximate surface area is 99.0 Å². The van der Waals surface area contributed by atoms with Crippen LogP contribution >= 0.6 is 0 Å². The molecular formula is C13H25NO2. The Bertz CT molecular complexity index is 218. The average Bonchev–Trinajstić information content (AvgIpc) is 2.27. The van der Waals surface area contributed by atoms with Crippen molar-refractivity contribution in [2.45, 2.75) is 65.8 Å². The third kappa shape index (κ3) is 5.29. The Balaban J connectivity index is 4.08. The second-order valence-electron chi connectivity index (χ2n) is 4.24. The van der Waals surface area contributed by atoms with Crippen molar-refractivity contribution in [2.24, 2.45) is 5.92 Å². The summed E-state index contributed by atoms with van der Waals surface area (Å²) in [6, 6.07) is 0.210. The lowest BCUT2D eigenvalue weighted by Gasteiger charge is -2.16. The fraction of sp³-hybridized carbons (Fsp3) is 0.846. The fourth-order valence-corrected chi connectivity index (χ4v) is 1.82. The molecule has 0 fully saturated rings. The third-order valence-corrected chi connectivity index (χ3v) is 3.13. The molecule has 3 heteroatoms. The maximum absolute atomic E-state index is 11.7. The highest BCUT2D eigenvalue weighted by Gasteiger charge is 2.18. The van der Waals surface area contributed by atoms with Crippen LogP contribution in [0.1, 0.15) is 59.8 Å². The highest BCUT2D eigenvalue weighted by Crippen LogP contribution is 2.11. The molecular weight excluding hydrogens is 202 g/mol. The lowest BCUT2D eigenvalue weighted by Crippen LogP contribution is -2.35. The van der Waals surface area contributed by atoms with Crippen LogP contribution in [0.25, 0.3) is 0 Å². The fourth-order valence-electron chi connectivity index (χ4n) is 1.82. The Kier molecular flexibility index (Phi) is 7.86. The summed E-state index contributed by atoms with van der Waals surface area (Å²) < 4.78 is 0. The zero-order valence-electron chi connectivity index (χ0n) is 11.0. The summed E-state index contributed by atoms with van der Waals surface area (Å²) in [5.41, 5.74) is 0. The Morgan fingerprint density at radius 2 is 1.44 bits per heavy atom. The first-order chi connectivity index (χ1) is 7.58. The van der Waals surface area contributed by atoms with Crippen LogP contribution < -0.4 is 5.32 Å². The molecule has 0 heterocycles. The number of nitrogens with one attached hydrogen (secondary N) is 1. The van der Waals surface area contributed by atoms with Crippen molar-refractivity contribution >= 4 is 11.7 Å². The summed E-state index contributed by atoms with van der Waals surface area (Å²) in [6.07, 6.45) is 3.53. The van der Waals surface area contributed by atoms with E-state index in [1.807, 2.05) is 27.7 Å². The van der Waals surface area contributed by atoms with Crippen molar-refractivity contribution in [1.29, 1.82) is 0 Å². The van der Waals surface area contributed by atoms with Gasteiger partial charge in [-0.05, 0) is 25.7 Å². The molecule has 1 amide bonds. The van der Waals surface area contributed by atoms with Crippen LogP contribution in [-0.4, -0.2) is 17.7 Å². The number of hydrogen-bond acceptors (Lipinski definition) is 2. The van der Waals surface area contributed by atoms with Crippen molar-refractivity contribution in [1.82, 2.24) is 5.32 Å². The highest BCUT2D eigenvalue weighted by atomic mass is 16.2. The lowest BCUT2D eigenvalue weighted by atomic mass is 9.96. The number of ketones is 1. The number of Topliss-reactive ketones (excluding diaryl/α,β-unsaturated/α-hetero) is 1. The standard InChI is InChI=1S/C13H25NO2/c1-5-10(6-2)12(15)9-13(16)14-11(7-3)8-4/h10-11H,5-9H2,1-4H3,(H,14,16). The van der Waals surface area contributed by atoms with Gasteiger partial charge in [0, 0.05) is 12.0 Å². The predicted octanol–water partition coefficient (Wildman–Crippen LogP) is 2.69. The van der Waals surface area contributed by atoms with Crippen LogP contribution in [0, 0.1) is 5.92 Å². The van der Waals surface area contributed by atoms with Gasteiger partial charge in [-0.15, -0.1) is 0 Å². The normalized spacial score (nSPS) is 10.9. The first kappa shape index (κ1) is 15.1. The summed E-state index contributed by atoms with van der Waals surface area (Å²) in [5, 5.41) is 2.89. The summed E-state index contributed by atoms with van der Waals surface area (Å²) in [7, 11) is 0. The smallest absolute Gasteiger partial charge is 0.227 e. The lowest BCUT2D eigenvalue weighted by molar-refractivity contribution is -0.130. The maximum atomic E-state index is 11.7. The van der Waals surface area contributed by atoms with Gasteiger partial charge in [-0.3, -0.25) is 9.59 Å². The minimum atomic E-state index is -0.120. The predicted molar refractivity (Wildman–Crippen MR) is 66.2 cm³/mol. The largest absolute Gasteiger partial charge is 0.353 e. The number of rotatable bonds is 8. The van der Waals surface area contributed by atoms with E-state index in [9.17, 15) is 9.59 Å². The van der Waals surface area contributed by atoms with Gasteiger partial charge in [-0.2, -0.15) is 0 Å². The third-order valence-electron chi connectivity index (χ3n) is 3.13. The molecule has 0 aromatic heterocycles. The van der Waals surface area contributed by atoms with Gasteiger partial charge in [-0.25, -0.2) is 0 Å². The number of carbonyl (C=O) groups is 2. The van der Waals surface area contributed by atoms with E-state index in [1.165, 1.54) is 0 Å². The summed E-state index contributed by atoms with van der Waals surface area (Å²) >= 11 is 0. The van der Waals surface area contributed by atoms with E-state index in [0.29, 0.717) is 0 Å². The molecule has 0 unspecified atom stereocenters. The van der Waals surface area contributed by atoms with Crippen LogP contribution in [0.4, 0.5) is 0 Å². The number of hydrogen-bond donors (Lipinski definition) is 1. The quantitative estimate of drug-likeness (QED) is 0.648. The van der Waals surface area contributed by atoms with Gasteiger partial charge < -0.3 is 5.32 Å². The first-order valence-electron chi connectivity index (χ1n) is 6.40. The molecule has 0 aliphatic rings. The molecule has 3 nitrogen and oxygen atoms in total. The van der Waals surface area contributed by atoms with Gasteiger partial charge in [0.05, 0.1) is 6.42 Å². The summed E-state index contributed by atoms with van der Waals surface area (Å²) in [5.74, 6) is 0.00603. The number of carbonyl (C=O) groups excluding carboxylic acids is 2. The zero-order chi connectivity index (χ0) is 12.6. The Morgan fingerprint density at radius 1 is 0.938 bits per heavy atom. The van der Waals surface area contributed by atoms with Crippen molar-refractivity contribution < 1.29 is 9.59 Å². The molecule has 0 aliphatic carbocycles. The molecule has 0 saturated heterocycles. The Morgan fingerprint density at radius 3 is 1.81 bits per heavy atom. The molecule has 0 atom stereocenters. The van der Waals surface area contributed by atoms with E-state index in [1.54, 1.807) is 0 Å². The number of amides is 1. The van der Waals surface area contributed by atoms with Crippen LogP contribution in [0.3, 0.4) is 0 Å². The molecule has 0 aliphatic heterocycles. The van der Waals surface area contributed by atoms with Crippen LogP contribution in [0.2, 0.25) is 0 Å². The van der Waals surface area contributed by atoms with Gasteiger partial charge >= 0.3 is 0 Å². The van der Waals surface area contributed by atoms with E-state index in [-0.39, 0.29) is 30.1 Å². The zero-order valence-corrected chi connectivity index (χ0v) is 11.0. The molecule has 0 spiro atoms. The van der Waals surface area contributed by atoms with Gasteiger partial charge in [0.2, 0.25) is 5.91 Å². The minimum absolute atomic E-state index is 0.0445. The molecule has 0 aromatic carbocycles. The monoisotopic (exact) mass is 227 g/mol. The molecule has 1 N–H and O–H groups in total. The molecule has 0 bridgehead atoms. The van der Waals surface area contributed by atoms with Gasteiger partial charge in [-0.1, -0.05) is 27.7 Å². The van der Waals surface area contributed by atoms with E-state index >= 15 is 0 Å². The van der Waals surface area contributed by atoms with Crippen LogP contribution in [0.15, 0.2) is 0 Å². The van der Waals surface area contributed by atoms with E-state index < -0.39 is 0 Å². The molecule has 0 radical (unpaired) electrons. The second kappa shape index (κ2) is 8.31. The molecule has 94 valence electrons. The van der Waals surface area contributed by atoms with Crippen molar-refractivity contribution in [3.8, 4) is 0 Å². The molecule has 16 heavy (non-hydrogen) atoms. The van der Waals surface area contributed by atoms with E-state index in [2.05, 4.69) is 5.32 Å². The van der Waals surface area contributed by atoms with Gasteiger partial charge in [0.15, 0.2) is 0 Å². The first-order valence-corrected chi connectivity index (χ1v) is 6.40. The maximum Gasteiger partial charge on any atom is 0.227 e. The van der Waals surface area contributed by atoms with Crippen LogP contribution in [-0.2, 0) is 9.59 Å². The summed E-state index contributed by atoms with van der Waals surface area (Å²) in [4.78, 5) is 23.3. The average molecular weight is 227 g/mol. The Hall–Kier alpha value is -0.860. The topological polar surface area (TPSA) is 46.2 Å². The minimum Gasteiger partial charge on any atom is -0.353 e.